The molecule has 0 aliphatic carbocycles. The van der Waals surface area contributed by atoms with Crippen molar-refractivity contribution >= 4 is 22.6 Å². The molecule has 2 heterocycles. The van der Waals surface area contributed by atoms with Crippen LogP contribution >= 0.6 is 11.6 Å². The largest absolute Gasteiger partial charge is 0.336 e. The molecule has 0 amide bonds. The Bertz CT molecular complexity index is 460. The van der Waals surface area contributed by atoms with E-state index in [0.29, 0.717) is 0 Å². The first-order valence-electron chi connectivity index (χ1n) is 4.82. The Labute approximate surface area is 88.5 Å². The molecule has 2 aromatic rings. The number of nitrogens with zero attached hydrogens (tertiary/aromatic N) is 2. The van der Waals surface area contributed by atoms with Gasteiger partial charge in [-0.3, -0.25) is 0 Å². The van der Waals surface area contributed by atoms with Crippen molar-refractivity contribution in [2.75, 3.05) is 0 Å². The average Bonchev–Trinajstić information content (AvgIpc) is 2.53. The Morgan fingerprint density at radius 2 is 2.29 bits per heavy atom. The quantitative estimate of drug-likeness (QED) is 0.741. The summed E-state index contributed by atoms with van der Waals surface area (Å²) in [6.45, 7) is 2.16. The van der Waals surface area contributed by atoms with Crippen molar-refractivity contribution in [3.63, 3.8) is 0 Å². The van der Waals surface area contributed by atoms with Crippen LogP contribution in [0.4, 0.5) is 0 Å². The Kier molecular flexibility index (Phi) is 2.46. The monoisotopic (exact) mass is 208 g/mol. The summed E-state index contributed by atoms with van der Waals surface area (Å²) in [7, 11) is 2.00. The second-order valence-electron chi connectivity index (χ2n) is 3.50. The number of halogens is 1. The van der Waals surface area contributed by atoms with Gasteiger partial charge >= 0.3 is 0 Å². The number of rotatable bonds is 2. The number of aromatic nitrogens is 2. The summed E-state index contributed by atoms with van der Waals surface area (Å²) in [6.07, 6.45) is 5.89. The Hall–Kier alpha value is -1.02. The summed E-state index contributed by atoms with van der Waals surface area (Å²) in [6, 6.07) is 2.08. The van der Waals surface area contributed by atoms with E-state index in [1.165, 1.54) is 10.9 Å². The van der Waals surface area contributed by atoms with Crippen molar-refractivity contribution < 1.29 is 0 Å². The first-order chi connectivity index (χ1) is 6.74. The number of hydrogen-bond donors (Lipinski definition) is 0. The van der Waals surface area contributed by atoms with E-state index in [2.05, 4.69) is 18.0 Å². The topological polar surface area (TPSA) is 17.8 Å². The van der Waals surface area contributed by atoms with Gasteiger partial charge in [-0.2, -0.15) is 0 Å². The van der Waals surface area contributed by atoms with Gasteiger partial charge in [0, 0.05) is 24.8 Å². The molecule has 0 saturated heterocycles. The normalized spacial score (nSPS) is 11.1. The van der Waals surface area contributed by atoms with Crippen molar-refractivity contribution in [2.45, 2.75) is 19.8 Å². The van der Waals surface area contributed by atoms with E-state index in [1.54, 1.807) is 6.20 Å². The van der Waals surface area contributed by atoms with E-state index in [9.17, 15) is 0 Å². The van der Waals surface area contributed by atoms with Crippen LogP contribution in [0, 0.1) is 0 Å². The van der Waals surface area contributed by atoms with Gasteiger partial charge in [0.2, 0.25) is 0 Å². The molecule has 0 aliphatic rings. The van der Waals surface area contributed by atoms with Crippen LogP contribution in [0.3, 0.4) is 0 Å². The second kappa shape index (κ2) is 3.62. The summed E-state index contributed by atoms with van der Waals surface area (Å²) in [4.78, 5) is 4.31. The number of pyridine rings is 1. The SMILES string of the molecule is CCCc1c(Cl)cnc2c1ccn2C. The molecule has 74 valence electrons. The maximum absolute atomic E-state index is 6.12. The van der Waals surface area contributed by atoms with Crippen LogP contribution in [0.25, 0.3) is 11.0 Å². The van der Waals surface area contributed by atoms with Gasteiger partial charge in [-0.25, -0.2) is 4.98 Å². The Balaban J connectivity index is 2.70. The predicted molar refractivity (Wildman–Crippen MR) is 59.7 cm³/mol. The van der Waals surface area contributed by atoms with E-state index < -0.39 is 0 Å². The lowest BCUT2D eigenvalue weighted by molar-refractivity contribution is 0.921. The molecule has 2 nitrogen and oxygen atoms in total. The van der Waals surface area contributed by atoms with Crippen LogP contribution < -0.4 is 0 Å². The van der Waals surface area contributed by atoms with Crippen molar-refractivity contribution in [3.05, 3.63) is 29.0 Å². The molecule has 0 atom stereocenters. The standard InChI is InChI=1S/C11H13ClN2/c1-3-4-8-9-5-6-14(2)11(9)13-7-10(8)12/h5-7H,3-4H2,1-2H3. The maximum Gasteiger partial charge on any atom is 0.139 e. The van der Waals surface area contributed by atoms with Crippen molar-refractivity contribution in [3.8, 4) is 0 Å². The molecule has 0 aromatic carbocycles. The molecule has 0 unspecified atom stereocenters. The minimum absolute atomic E-state index is 0.783. The minimum Gasteiger partial charge on any atom is -0.336 e. The van der Waals surface area contributed by atoms with Gasteiger partial charge in [-0.15, -0.1) is 0 Å². The van der Waals surface area contributed by atoms with Gasteiger partial charge in [-0.05, 0) is 18.1 Å². The highest BCUT2D eigenvalue weighted by Crippen LogP contribution is 2.25. The maximum atomic E-state index is 6.12. The molecule has 0 aliphatic heterocycles. The fraction of sp³-hybridized carbons (Fsp3) is 0.364. The third-order valence-electron chi connectivity index (χ3n) is 2.45. The summed E-state index contributed by atoms with van der Waals surface area (Å²) < 4.78 is 2.02. The zero-order valence-corrected chi connectivity index (χ0v) is 9.17. The van der Waals surface area contributed by atoms with E-state index in [1.807, 2.05) is 17.8 Å². The van der Waals surface area contributed by atoms with E-state index >= 15 is 0 Å². The summed E-state index contributed by atoms with van der Waals surface area (Å²) in [5.74, 6) is 0. The molecule has 0 bridgehead atoms. The third-order valence-corrected chi connectivity index (χ3v) is 2.78. The minimum atomic E-state index is 0.783. The van der Waals surface area contributed by atoms with Gasteiger partial charge in [0.15, 0.2) is 0 Å². The lowest BCUT2D eigenvalue weighted by Crippen LogP contribution is -1.92. The molecule has 3 heteroatoms. The molecule has 14 heavy (non-hydrogen) atoms. The van der Waals surface area contributed by atoms with Crippen LogP contribution in [-0.4, -0.2) is 9.55 Å². The Morgan fingerprint density at radius 3 is 3.00 bits per heavy atom. The first-order valence-corrected chi connectivity index (χ1v) is 5.20. The first kappa shape index (κ1) is 9.53. The number of hydrogen-bond acceptors (Lipinski definition) is 1. The van der Waals surface area contributed by atoms with Gasteiger partial charge in [-0.1, -0.05) is 24.9 Å². The second-order valence-corrected chi connectivity index (χ2v) is 3.91. The highest BCUT2D eigenvalue weighted by Gasteiger charge is 2.08. The molecular weight excluding hydrogens is 196 g/mol. The zero-order chi connectivity index (χ0) is 10.1. The molecule has 0 spiro atoms. The van der Waals surface area contributed by atoms with Crippen LogP contribution in [0.5, 0.6) is 0 Å². The van der Waals surface area contributed by atoms with Crippen LogP contribution in [0.15, 0.2) is 18.5 Å². The molecule has 0 saturated carbocycles. The highest BCUT2D eigenvalue weighted by molar-refractivity contribution is 6.32. The van der Waals surface area contributed by atoms with Crippen LogP contribution in [0.2, 0.25) is 5.02 Å². The summed E-state index contributed by atoms with van der Waals surface area (Å²) >= 11 is 6.12. The van der Waals surface area contributed by atoms with Gasteiger partial charge in [0.1, 0.15) is 5.65 Å². The predicted octanol–water partition coefficient (Wildman–Crippen LogP) is 3.18. The van der Waals surface area contributed by atoms with Crippen molar-refractivity contribution in [1.82, 2.24) is 9.55 Å². The van der Waals surface area contributed by atoms with Gasteiger partial charge in [0.05, 0.1) is 5.02 Å². The molecule has 0 fully saturated rings. The van der Waals surface area contributed by atoms with Gasteiger partial charge < -0.3 is 4.57 Å². The lowest BCUT2D eigenvalue weighted by Gasteiger charge is -2.04. The zero-order valence-electron chi connectivity index (χ0n) is 8.42. The Morgan fingerprint density at radius 1 is 1.50 bits per heavy atom. The highest BCUT2D eigenvalue weighted by atomic mass is 35.5. The molecule has 0 N–H and O–H groups in total. The van der Waals surface area contributed by atoms with E-state index in [4.69, 9.17) is 11.6 Å². The summed E-state index contributed by atoms with van der Waals surface area (Å²) in [5.41, 5.74) is 2.23. The smallest absolute Gasteiger partial charge is 0.139 e. The van der Waals surface area contributed by atoms with E-state index in [0.717, 1.165) is 23.5 Å². The molecule has 0 radical (unpaired) electrons. The lowest BCUT2D eigenvalue weighted by atomic mass is 10.1. The van der Waals surface area contributed by atoms with Gasteiger partial charge in [0.25, 0.3) is 0 Å². The molecular formula is C11H13ClN2. The average molecular weight is 209 g/mol. The number of aryl methyl sites for hydroxylation is 2. The third kappa shape index (κ3) is 1.40. The summed E-state index contributed by atoms with van der Waals surface area (Å²) in [5, 5.41) is 1.97. The van der Waals surface area contributed by atoms with Crippen LogP contribution in [-0.2, 0) is 13.5 Å². The van der Waals surface area contributed by atoms with Crippen molar-refractivity contribution in [2.24, 2.45) is 7.05 Å². The fourth-order valence-electron chi connectivity index (χ4n) is 1.75. The molecule has 2 rings (SSSR count). The van der Waals surface area contributed by atoms with Crippen molar-refractivity contribution in [1.29, 1.82) is 0 Å². The van der Waals surface area contributed by atoms with Crippen LogP contribution in [0.1, 0.15) is 18.9 Å². The fourth-order valence-corrected chi connectivity index (χ4v) is 1.99. The molecule has 2 aromatic heterocycles. The number of fused-ring (bicyclic) bond motifs is 1. The van der Waals surface area contributed by atoms with E-state index in [-0.39, 0.29) is 0 Å².